The van der Waals surface area contributed by atoms with Crippen molar-refractivity contribution in [1.82, 2.24) is 5.32 Å². The molecule has 1 aromatic carbocycles. The van der Waals surface area contributed by atoms with Gasteiger partial charge in [0.2, 0.25) is 0 Å². The smallest absolute Gasteiger partial charge is 0.00117 e. The monoisotopic (exact) mass is 259 g/mol. The Labute approximate surface area is 118 Å². The van der Waals surface area contributed by atoms with E-state index in [1.807, 2.05) is 0 Å². The van der Waals surface area contributed by atoms with Gasteiger partial charge in [0.15, 0.2) is 0 Å². The molecule has 19 heavy (non-hydrogen) atoms. The summed E-state index contributed by atoms with van der Waals surface area (Å²) in [6.45, 7) is 11.5. The van der Waals surface area contributed by atoms with Gasteiger partial charge in [-0.3, -0.25) is 0 Å². The van der Waals surface area contributed by atoms with E-state index in [1.54, 1.807) is 0 Å². The molecule has 1 heteroatoms. The first-order chi connectivity index (χ1) is 9.06. The molecule has 0 saturated heterocycles. The summed E-state index contributed by atoms with van der Waals surface area (Å²) in [4.78, 5) is 0. The maximum atomic E-state index is 3.60. The van der Waals surface area contributed by atoms with Crippen molar-refractivity contribution in [2.45, 2.75) is 52.4 Å². The van der Waals surface area contributed by atoms with E-state index in [0.29, 0.717) is 5.41 Å². The fraction of sp³-hybridized carbons (Fsp3) is 0.667. The van der Waals surface area contributed by atoms with E-state index >= 15 is 0 Å². The average molecular weight is 259 g/mol. The van der Waals surface area contributed by atoms with Crippen molar-refractivity contribution in [3.05, 3.63) is 35.4 Å². The molecule has 0 aromatic heterocycles. The number of hydrogen-bond donors (Lipinski definition) is 1. The molecule has 1 saturated carbocycles. The third-order valence-corrected chi connectivity index (χ3v) is 4.51. The van der Waals surface area contributed by atoms with Crippen LogP contribution in [-0.2, 0) is 11.8 Å². The van der Waals surface area contributed by atoms with Crippen LogP contribution in [-0.4, -0.2) is 13.1 Å². The predicted molar refractivity (Wildman–Crippen MR) is 83.6 cm³/mol. The molecule has 0 heterocycles. The summed E-state index contributed by atoms with van der Waals surface area (Å²) in [6, 6.07) is 9.35. The van der Waals surface area contributed by atoms with E-state index in [2.05, 4.69) is 57.3 Å². The van der Waals surface area contributed by atoms with Gasteiger partial charge in [0.1, 0.15) is 0 Å². The second kappa shape index (κ2) is 6.09. The largest absolute Gasteiger partial charge is 0.316 e. The maximum Gasteiger partial charge on any atom is -0.00117 e. The molecular weight excluding hydrogens is 230 g/mol. The van der Waals surface area contributed by atoms with Crippen molar-refractivity contribution in [3.8, 4) is 0 Å². The van der Waals surface area contributed by atoms with Gasteiger partial charge in [-0.05, 0) is 54.3 Å². The Bertz CT molecular complexity index is 393. The van der Waals surface area contributed by atoms with Crippen molar-refractivity contribution < 1.29 is 0 Å². The van der Waals surface area contributed by atoms with Crippen LogP contribution in [0.1, 0.15) is 51.7 Å². The molecule has 1 N–H and O–H groups in total. The van der Waals surface area contributed by atoms with Crippen LogP contribution >= 0.6 is 0 Å². The van der Waals surface area contributed by atoms with Crippen LogP contribution in [0.25, 0.3) is 0 Å². The molecule has 106 valence electrons. The van der Waals surface area contributed by atoms with Gasteiger partial charge in [0.25, 0.3) is 0 Å². The van der Waals surface area contributed by atoms with Crippen molar-refractivity contribution >= 4 is 0 Å². The lowest BCUT2D eigenvalue weighted by atomic mass is 9.94. The van der Waals surface area contributed by atoms with E-state index < -0.39 is 0 Å². The summed E-state index contributed by atoms with van der Waals surface area (Å²) in [5.74, 6) is 1.57. The summed E-state index contributed by atoms with van der Waals surface area (Å²) < 4.78 is 0. The molecule has 0 amide bonds. The first-order valence-electron chi connectivity index (χ1n) is 7.86. The Morgan fingerprint density at radius 2 is 1.95 bits per heavy atom. The molecule has 2 rings (SSSR count). The Kier molecular flexibility index (Phi) is 4.67. The molecule has 0 spiro atoms. The van der Waals surface area contributed by atoms with Gasteiger partial charge in [-0.15, -0.1) is 0 Å². The highest BCUT2D eigenvalue weighted by Crippen LogP contribution is 2.53. The minimum absolute atomic E-state index is 0.425. The zero-order valence-electron chi connectivity index (χ0n) is 13.0. The third-order valence-electron chi connectivity index (χ3n) is 4.51. The van der Waals surface area contributed by atoms with Crippen LogP contribution in [0.4, 0.5) is 0 Å². The first kappa shape index (κ1) is 14.6. The lowest BCUT2D eigenvalue weighted by Crippen LogP contribution is -2.24. The topological polar surface area (TPSA) is 12.0 Å². The van der Waals surface area contributed by atoms with E-state index in [0.717, 1.165) is 18.4 Å². The van der Waals surface area contributed by atoms with E-state index in [4.69, 9.17) is 0 Å². The van der Waals surface area contributed by atoms with Crippen LogP contribution in [0.2, 0.25) is 0 Å². The molecule has 0 bridgehead atoms. The molecule has 1 aliphatic carbocycles. The molecule has 2 atom stereocenters. The van der Waals surface area contributed by atoms with Crippen LogP contribution in [0.5, 0.6) is 0 Å². The molecular formula is C18H29N. The Balaban J connectivity index is 1.88. The third kappa shape index (κ3) is 3.60. The molecule has 0 radical (unpaired) electrons. The normalized spacial score (nSPS) is 25.8. The van der Waals surface area contributed by atoms with Crippen LogP contribution in [0.3, 0.4) is 0 Å². The van der Waals surface area contributed by atoms with Crippen LogP contribution in [0.15, 0.2) is 24.3 Å². The van der Waals surface area contributed by atoms with Crippen LogP contribution < -0.4 is 5.32 Å². The van der Waals surface area contributed by atoms with Gasteiger partial charge >= 0.3 is 0 Å². The predicted octanol–water partition coefficient (Wildman–Crippen LogP) is 4.16. The zero-order chi connectivity index (χ0) is 13.9. The number of nitrogens with one attached hydrogen (secondary N) is 1. The van der Waals surface area contributed by atoms with E-state index in [9.17, 15) is 0 Å². The second-order valence-electron chi connectivity index (χ2n) is 6.82. The number of aryl methyl sites for hydroxylation is 1. The van der Waals surface area contributed by atoms with Crippen molar-refractivity contribution in [2.75, 3.05) is 13.1 Å². The molecule has 1 aromatic rings. The fourth-order valence-electron chi connectivity index (χ4n) is 2.99. The van der Waals surface area contributed by atoms with Crippen molar-refractivity contribution in [1.29, 1.82) is 0 Å². The standard InChI is InChI=1S/C18H29N/c1-5-6-15-7-9-16(10-8-15)18(4)11-17(18)13-19-12-14(2)3/h7-10,14,17,19H,5-6,11-13H2,1-4H3. The molecule has 1 fully saturated rings. The van der Waals surface area contributed by atoms with E-state index in [1.165, 1.54) is 36.9 Å². The zero-order valence-corrected chi connectivity index (χ0v) is 13.0. The van der Waals surface area contributed by atoms with Gasteiger partial charge in [-0.25, -0.2) is 0 Å². The summed E-state index contributed by atoms with van der Waals surface area (Å²) >= 11 is 0. The molecule has 0 aliphatic heterocycles. The quantitative estimate of drug-likeness (QED) is 0.775. The second-order valence-corrected chi connectivity index (χ2v) is 6.82. The molecule has 2 unspecified atom stereocenters. The highest BCUT2D eigenvalue weighted by molar-refractivity contribution is 5.35. The lowest BCUT2D eigenvalue weighted by Gasteiger charge is -2.14. The first-order valence-corrected chi connectivity index (χ1v) is 7.86. The van der Waals surface area contributed by atoms with Gasteiger partial charge in [0, 0.05) is 0 Å². The molecule has 1 nitrogen and oxygen atoms in total. The lowest BCUT2D eigenvalue weighted by molar-refractivity contribution is 0.515. The average Bonchev–Trinajstić information content (AvgIpc) is 3.02. The minimum Gasteiger partial charge on any atom is -0.316 e. The van der Waals surface area contributed by atoms with Gasteiger partial charge in [0.05, 0.1) is 0 Å². The van der Waals surface area contributed by atoms with Crippen LogP contribution in [0, 0.1) is 11.8 Å². The summed E-state index contributed by atoms with van der Waals surface area (Å²) in [5.41, 5.74) is 3.43. The van der Waals surface area contributed by atoms with E-state index in [-0.39, 0.29) is 0 Å². The number of hydrogen-bond acceptors (Lipinski definition) is 1. The highest BCUT2D eigenvalue weighted by atomic mass is 14.9. The Morgan fingerprint density at radius 3 is 2.53 bits per heavy atom. The van der Waals surface area contributed by atoms with Crippen molar-refractivity contribution in [3.63, 3.8) is 0 Å². The summed E-state index contributed by atoms with van der Waals surface area (Å²) in [6.07, 6.45) is 3.78. The molecule has 1 aliphatic rings. The van der Waals surface area contributed by atoms with Gasteiger partial charge < -0.3 is 5.32 Å². The van der Waals surface area contributed by atoms with Crippen molar-refractivity contribution in [2.24, 2.45) is 11.8 Å². The van der Waals surface area contributed by atoms with Gasteiger partial charge in [-0.1, -0.05) is 58.4 Å². The number of benzene rings is 1. The van der Waals surface area contributed by atoms with Gasteiger partial charge in [-0.2, -0.15) is 0 Å². The maximum absolute atomic E-state index is 3.60. The Hall–Kier alpha value is -0.820. The summed E-state index contributed by atoms with van der Waals surface area (Å²) in [7, 11) is 0. The summed E-state index contributed by atoms with van der Waals surface area (Å²) in [5, 5.41) is 3.60. The number of rotatable bonds is 7. The highest BCUT2D eigenvalue weighted by Gasteiger charge is 2.50. The minimum atomic E-state index is 0.425. The Morgan fingerprint density at radius 1 is 1.26 bits per heavy atom. The fourth-order valence-corrected chi connectivity index (χ4v) is 2.99. The SMILES string of the molecule is CCCc1ccc(C2(C)CC2CNCC(C)C)cc1.